The van der Waals surface area contributed by atoms with Crippen LogP contribution in [0, 0.1) is 11.6 Å². The molecule has 132 valence electrons. The predicted octanol–water partition coefficient (Wildman–Crippen LogP) is 2.33. The molecule has 0 bridgehead atoms. The summed E-state index contributed by atoms with van der Waals surface area (Å²) in [5.41, 5.74) is 6.84. The van der Waals surface area contributed by atoms with Gasteiger partial charge in [0.15, 0.2) is 5.84 Å². The van der Waals surface area contributed by atoms with Crippen LogP contribution in [0.1, 0.15) is 11.1 Å². The van der Waals surface area contributed by atoms with E-state index in [2.05, 4.69) is 10.3 Å². The molecule has 0 saturated heterocycles. The van der Waals surface area contributed by atoms with Crippen molar-refractivity contribution in [2.75, 3.05) is 0 Å². The maximum atomic E-state index is 13.4. The van der Waals surface area contributed by atoms with Gasteiger partial charge in [-0.2, -0.15) is 5.10 Å². The molecule has 0 unspecified atom stereocenters. The molecule has 26 heavy (non-hydrogen) atoms. The molecule has 0 spiro atoms. The standard InChI is InChI=1S/C18H14F2N4O2/c19-14-7-13(8-15(20)9-14)16-4-5-17(25)24(22-16)10-11-2-1-3-12(6-11)18(21)23-26/h1-9,26H,10H2,(H2,21,23). The van der Waals surface area contributed by atoms with Crippen LogP contribution in [0.2, 0.25) is 0 Å². The molecule has 1 heterocycles. The van der Waals surface area contributed by atoms with Crippen LogP contribution in [0.25, 0.3) is 11.3 Å². The smallest absolute Gasteiger partial charge is 0.267 e. The lowest BCUT2D eigenvalue weighted by Crippen LogP contribution is -2.23. The first-order valence-electron chi connectivity index (χ1n) is 7.58. The maximum Gasteiger partial charge on any atom is 0.267 e. The molecular formula is C18H14F2N4O2. The molecular weight excluding hydrogens is 342 g/mol. The lowest BCUT2D eigenvalue weighted by atomic mass is 10.1. The Balaban J connectivity index is 1.98. The zero-order valence-electron chi connectivity index (χ0n) is 13.4. The summed E-state index contributed by atoms with van der Waals surface area (Å²) in [5, 5.41) is 15.9. The second-order valence-electron chi connectivity index (χ2n) is 5.56. The molecule has 0 radical (unpaired) electrons. The van der Waals surface area contributed by atoms with Crippen molar-refractivity contribution in [1.29, 1.82) is 0 Å². The highest BCUT2D eigenvalue weighted by atomic mass is 19.1. The van der Waals surface area contributed by atoms with Crippen molar-refractivity contribution in [3.63, 3.8) is 0 Å². The third-order valence-electron chi connectivity index (χ3n) is 3.69. The van der Waals surface area contributed by atoms with Gasteiger partial charge < -0.3 is 10.9 Å². The molecule has 8 heteroatoms. The fourth-order valence-corrected chi connectivity index (χ4v) is 2.48. The van der Waals surface area contributed by atoms with E-state index in [1.165, 1.54) is 16.8 Å². The molecule has 3 rings (SSSR count). The number of hydrogen-bond donors (Lipinski definition) is 2. The van der Waals surface area contributed by atoms with Crippen molar-refractivity contribution < 1.29 is 14.0 Å². The maximum absolute atomic E-state index is 13.4. The quantitative estimate of drug-likeness (QED) is 0.325. The number of halogens is 2. The average molecular weight is 356 g/mol. The Bertz CT molecular complexity index is 1030. The third-order valence-corrected chi connectivity index (χ3v) is 3.69. The van der Waals surface area contributed by atoms with E-state index in [4.69, 9.17) is 10.9 Å². The van der Waals surface area contributed by atoms with Crippen molar-refractivity contribution >= 4 is 5.84 Å². The SMILES string of the molecule is N/C(=N\O)c1cccc(Cn2nc(-c3cc(F)cc(F)c3)ccc2=O)c1. The topological polar surface area (TPSA) is 93.5 Å². The van der Waals surface area contributed by atoms with Crippen molar-refractivity contribution in [1.82, 2.24) is 9.78 Å². The summed E-state index contributed by atoms with van der Waals surface area (Å²) in [6, 6.07) is 12.5. The van der Waals surface area contributed by atoms with Gasteiger partial charge in [0.2, 0.25) is 0 Å². The molecule has 1 aromatic heterocycles. The highest BCUT2D eigenvalue weighted by molar-refractivity contribution is 5.97. The van der Waals surface area contributed by atoms with Crippen LogP contribution in [0.4, 0.5) is 8.78 Å². The summed E-state index contributed by atoms with van der Waals surface area (Å²) in [7, 11) is 0. The fraction of sp³-hybridized carbons (Fsp3) is 0.0556. The third kappa shape index (κ3) is 3.75. The number of rotatable bonds is 4. The van der Waals surface area contributed by atoms with Crippen molar-refractivity contribution in [3.05, 3.63) is 87.7 Å². The number of nitrogens with two attached hydrogens (primary N) is 1. The predicted molar refractivity (Wildman–Crippen MR) is 91.9 cm³/mol. The number of amidine groups is 1. The van der Waals surface area contributed by atoms with E-state index in [1.54, 1.807) is 24.3 Å². The second-order valence-corrected chi connectivity index (χ2v) is 5.56. The van der Waals surface area contributed by atoms with Gasteiger partial charge >= 0.3 is 0 Å². The summed E-state index contributed by atoms with van der Waals surface area (Å²) in [5.74, 6) is -1.52. The largest absolute Gasteiger partial charge is 0.409 e. The van der Waals surface area contributed by atoms with Crippen LogP contribution in [-0.2, 0) is 6.54 Å². The minimum absolute atomic E-state index is 0.0591. The molecule has 6 nitrogen and oxygen atoms in total. The molecule has 0 fully saturated rings. The van der Waals surface area contributed by atoms with Crippen LogP contribution in [0.5, 0.6) is 0 Å². The molecule has 0 aliphatic carbocycles. The Kier molecular flexibility index (Phi) is 4.74. The van der Waals surface area contributed by atoms with Gasteiger partial charge in [-0.05, 0) is 29.8 Å². The monoisotopic (exact) mass is 356 g/mol. The van der Waals surface area contributed by atoms with E-state index in [-0.39, 0.29) is 29.2 Å². The molecule has 0 saturated carbocycles. The zero-order valence-corrected chi connectivity index (χ0v) is 13.4. The summed E-state index contributed by atoms with van der Waals surface area (Å²) in [6.45, 7) is 0.108. The lowest BCUT2D eigenvalue weighted by molar-refractivity contribution is 0.318. The molecule has 2 aromatic carbocycles. The number of benzene rings is 2. The zero-order chi connectivity index (χ0) is 18.7. The van der Waals surface area contributed by atoms with Crippen molar-refractivity contribution in [3.8, 4) is 11.3 Å². The summed E-state index contributed by atoms with van der Waals surface area (Å²) in [6.07, 6.45) is 0. The first-order chi connectivity index (χ1) is 12.5. The Hall–Kier alpha value is -3.55. The van der Waals surface area contributed by atoms with Crippen LogP contribution in [-0.4, -0.2) is 20.8 Å². The van der Waals surface area contributed by atoms with E-state index in [0.29, 0.717) is 11.1 Å². The van der Waals surface area contributed by atoms with Crippen LogP contribution < -0.4 is 11.3 Å². The summed E-state index contributed by atoms with van der Waals surface area (Å²) in [4.78, 5) is 12.1. The van der Waals surface area contributed by atoms with E-state index in [0.717, 1.165) is 18.2 Å². The molecule has 0 amide bonds. The molecule has 0 aliphatic rings. The highest BCUT2D eigenvalue weighted by Gasteiger charge is 2.08. The average Bonchev–Trinajstić information content (AvgIpc) is 2.62. The van der Waals surface area contributed by atoms with Gasteiger partial charge in [0.25, 0.3) is 5.56 Å². The van der Waals surface area contributed by atoms with Gasteiger partial charge in [-0.1, -0.05) is 23.4 Å². The number of hydrogen-bond acceptors (Lipinski definition) is 4. The molecule has 0 atom stereocenters. The van der Waals surface area contributed by atoms with E-state index < -0.39 is 11.6 Å². The van der Waals surface area contributed by atoms with E-state index >= 15 is 0 Å². The Morgan fingerprint density at radius 1 is 1.12 bits per heavy atom. The first kappa shape index (κ1) is 17.3. The second kappa shape index (κ2) is 7.14. The van der Waals surface area contributed by atoms with Gasteiger partial charge in [-0.3, -0.25) is 4.79 Å². The Morgan fingerprint density at radius 3 is 2.54 bits per heavy atom. The van der Waals surface area contributed by atoms with Crippen LogP contribution in [0.15, 0.2) is 64.5 Å². The van der Waals surface area contributed by atoms with Gasteiger partial charge in [0, 0.05) is 23.3 Å². The normalized spacial score (nSPS) is 11.5. The Labute approximate surface area is 146 Å². The minimum atomic E-state index is -0.731. The van der Waals surface area contributed by atoms with Crippen molar-refractivity contribution in [2.45, 2.75) is 6.54 Å². The van der Waals surface area contributed by atoms with Crippen molar-refractivity contribution in [2.24, 2.45) is 10.9 Å². The highest BCUT2D eigenvalue weighted by Crippen LogP contribution is 2.18. The van der Waals surface area contributed by atoms with Gasteiger partial charge in [-0.25, -0.2) is 13.5 Å². The molecule has 3 aromatic rings. The first-order valence-corrected chi connectivity index (χ1v) is 7.58. The van der Waals surface area contributed by atoms with E-state index in [9.17, 15) is 13.6 Å². The van der Waals surface area contributed by atoms with Gasteiger partial charge in [-0.15, -0.1) is 0 Å². The minimum Gasteiger partial charge on any atom is -0.409 e. The number of aromatic nitrogens is 2. The summed E-state index contributed by atoms with van der Waals surface area (Å²) < 4.78 is 28.0. The fourth-order valence-electron chi connectivity index (χ4n) is 2.48. The number of nitrogens with zero attached hydrogens (tertiary/aromatic N) is 3. The summed E-state index contributed by atoms with van der Waals surface area (Å²) >= 11 is 0. The Morgan fingerprint density at radius 2 is 1.85 bits per heavy atom. The van der Waals surface area contributed by atoms with Gasteiger partial charge in [0.1, 0.15) is 11.6 Å². The van der Waals surface area contributed by atoms with Crippen LogP contribution in [0.3, 0.4) is 0 Å². The lowest BCUT2D eigenvalue weighted by Gasteiger charge is -2.09. The van der Waals surface area contributed by atoms with Crippen LogP contribution >= 0.6 is 0 Å². The van der Waals surface area contributed by atoms with Gasteiger partial charge in [0.05, 0.1) is 12.2 Å². The molecule has 3 N–H and O–H groups in total. The number of oxime groups is 1. The molecule has 0 aliphatic heterocycles. The van der Waals surface area contributed by atoms with E-state index in [1.807, 2.05) is 0 Å².